The lowest BCUT2D eigenvalue weighted by atomic mass is 10.0. The van der Waals surface area contributed by atoms with E-state index < -0.39 is 0 Å². The van der Waals surface area contributed by atoms with Gasteiger partial charge in [0.2, 0.25) is 0 Å². The number of ether oxygens (including phenoxy) is 2. The highest BCUT2D eigenvalue weighted by Crippen LogP contribution is 2.28. The van der Waals surface area contributed by atoms with Crippen LogP contribution < -0.4 is 14.8 Å². The fourth-order valence-corrected chi connectivity index (χ4v) is 3.29. The van der Waals surface area contributed by atoms with Gasteiger partial charge in [-0.1, -0.05) is 6.07 Å². The SMILES string of the molecule is COc1cc(OC)cc(C(=O)Nc2ccc(C)c(-c3ccc4c(C)[nH]nc4n3)c2)c1. The number of H-pyrrole nitrogens is 1. The number of benzene rings is 2. The molecule has 0 aliphatic rings. The number of nitrogens with zero attached hydrogens (tertiary/aromatic N) is 2. The second kappa shape index (κ2) is 7.87. The smallest absolute Gasteiger partial charge is 0.255 e. The fourth-order valence-electron chi connectivity index (χ4n) is 3.29. The number of fused-ring (bicyclic) bond motifs is 1. The monoisotopic (exact) mass is 402 g/mol. The van der Waals surface area contributed by atoms with Gasteiger partial charge in [0, 0.05) is 34.0 Å². The summed E-state index contributed by atoms with van der Waals surface area (Å²) >= 11 is 0. The van der Waals surface area contributed by atoms with Gasteiger partial charge in [0.05, 0.1) is 19.9 Å². The third-order valence-corrected chi connectivity index (χ3v) is 4.99. The van der Waals surface area contributed by atoms with Crippen LogP contribution in [0.25, 0.3) is 22.3 Å². The number of amides is 1. The average molecular weight is 402 g/mol. The summed E-state index contributed by atoms with van der Waals surface area (Å²) in [4.78, 5) is 17.5. The Bertz CT molecular complexity index is 1220. The predicted molar refractivity (Wildman–Crippen MR) is 116 cm³/mol. The van der Waals surface area contributed by atoms with Crippen molar-refractivity contribution in [1.29, 1.82) is 0 Å². The molecule has 0 bridgehead atoms. The first-order chi connectivity index (χ1) is 14.5. The van der Waals surface area contributed by atoms with Gasteiger partial charge in [-0.15, -0.1) is 0 Å². The van der Waals surface area contributed by atoms with Crippen LogP contribution >= 0.6 is 0 Å². The highest BCUT2D eigenvalue weighted by atomic mass is 16.5. The summed E-state index contributed by atoms with van der Waals surface area (Å²) in [6, 6.07) is 14.8. The maximum absolute atomic E-state index is 12.8. The maximum Gasteiger partial charge on any atom is 0.255 e. The van der Waals surface area contributed by atoms with Crippen LogP contribution in [0.1, 0.15) is 21.6 Å². The molecule has 2 aromatic carbocycles. The summed E-state index contributed by atoms with van der Waals surface area (Å²) in [5.74, 6) is 0.847. The number of rotatable bonds is 5. The molecule has 0 aliphatic heterocycles. The first-order valence-electron chi connectivity index (χ1n) is 9.45. The largest absolute Gasteiger partial charge is 0.497 e. The molecule has 0 saturated carbocycles. The zero-order valence-electron chi connectivity index (χ0n) is 17.2. The molecule has 7 nitrogen and oxygen atoms in total. The molecule has 0 fully saturated rings. The minimum atomic E-state index is -0.256. The molecule has 2 N–H and O–H groups in total. The van der Waals surface area contributed by atoms with E-state index in [4.69, 9.17) is 9.47 Å². The Balaban J connectivity index is 1.65. The van der Waals surface area contributed by atoms with Gasteiger partial charge in [-0.2, -0.15) is 5.10 Å². The molecule has 1 amide bonds. The molecule has 2 heterocycles. The van der Waals surface area contributed by atoms with Gasteiger partial charge in [0.1, 0.15) is 11.5 Å². The van der Waals surface area contributed by atoms with Crippen LogP contribution in [0, 0.1) is 13.8 Å². The van der Waals surface area contributed by atoms with E-state index in [1.165, 1.54) is 0 Å². The van der Waals surface area contributed by atoms with Crippen molar-refractivity contribution in [3.05, 3.63) is 65.4 Å². The van der Waals surface area contributed by atoms with Gasteiger partial charge >= 0.3 is 0 Å². The summed E-state index contributed by atoms with van der Waals surface area (Å²) in [5, 5.41) is 11.1. The number of hydrogen-bond donors (Lipinski definition) is 2. The normalized spacial score (nSPS) is 10.8. The van der Waals surface area contributed by atoms with Gasteiger partial charge in [0.25, 0.3) is 5.91 Å². The first kappa shape index (κ1) is 19.4. The Morgan fingerprint density at radius 3 is 2.40 bits per heavy atom. The molecule has 4 rings (SSSR count). The highest BCUT2D eigenvalue weighted by Gasteiger charge is 2.13. The Kier molecular flexibility index (Phi) is 5.10. The average Bonchev–Trinajstić information content (AvgIpc) is 3.14. The van der Waals surface area contributed by atoms with E-state index in [1.807, 2.05) is 44.2 Å². The third kappa shape index (κ3) is 3.69. The van der Waals surface area contributed by atoms with E-state index >= 15 is 0 Å². The standard InChI is InChI=1S/C23H22N4O3/c1-13-5-6-16(24-23(28)15-9-17(29-3)12-18(10-15)30-4)11-20(13)21-8-7-19-14(2)26-27-22(19)25-21/h5-12H,1-4H3,(H,24,28)(H,25,26,27). The Hall–Kier alpha value is -3.87. The van der Waals surface area contributed by atoms with Crippen molar-refractivity contribution in [2.24, 2.45) is 0 Å². The van der Waals surface area contributed by atoms with Crippen molar-refractivity contribution in [3.63, 3.8) is 0 Å². The lowest BCUT2D eigenvalue weighted by Crippen LogP contribution is -2.12. The molecular weight excluding hydrogens is 380 g/mol. The van der Waals surface area contributed by atoms with Crippen LogP contribution in [0.3, 0.4) is 0 Å². The predicted octanol–water partition coefficient (Wildman–Crippen LogP) is 4.51. The van der Waals surface area contributed by atoms with Crippen LogP contribution in [0.2, 0.25) is 0 Å². The summed E-state index contributed by atoms with van der Waals surface area (Å²) in [6.45, 7) is 3.97. The van der Waals surface area contributed by atoms with Crippen LogP contribution in [0.4, 0.5) is 5.69 Å². The minimum Gasteiger partial charge on any atom is -0.497 e. The number of methoxy groups -OCH3 is 2. The van der Waals surface area contributed by atoms with E-state index in [9.17, 15) is 4.79 Å². The molecule has 7 heteroatoms. The van der Waals surface area contributed by atoms with Crippen molar-refractivity contribution in [3.8, 4) is 22.8 Å². The van der Waals surface area contributed by atoms with Crippen molar-refractivity contribution < 1.29 is 14.3 Å². The van der Waals surface area contributed by atoms with E-state index in [0.29, 0.717) is 28.4 Å². The third-order valence-electron chi connectivity index (χ3n) is 4.99. The van der Waals surface area contributed by atoms with Crippen molar-refractivity contribution in [1.82, 2.24) is 15.2 Å². The molecule has 0 unspecified atom stereocenters. The van der Waals surface area contributed by atoms with Crippen molar-refractivity contribution >= 4 is 22.6 Å². The first-order valence-corrected chi connectivity index (χ1v) is 9.45. The van der Waals surface area contributed by atoms with Crippen LogP contribution in [-0.2, 0) is 0 Å². The Morgan fingerprint density at radius 2 is 1.70 bits per heavy atom. The summed E-state index contributed by atoms with van der Waals surface area (Å²) in [5.41, 5.74) is 5.54. The number of nitrogens with one attached hydrogen (secondary N) is 2. The number of anilines is 1. The summed E-state index contributed by atoms with van der Waals surface area (Å²) < 4.78 is 10.5. The van der Waals surface area contributed by atoms with Crippen molar-refractivity contribution in [2.45, 2.75) is 13.8 Å². The molecule has 0 aliphatic carbocycles. The molecule has 0 saturated heterocycles. The molecule has 152 valence electrons. The van der Waals surface area contributed by atoms with E-state index in [2.05, 4.69) is 20.5 Å². The minimum absolute atomic E-state index is 0.256. The highest BCUT2D eigenvalue weighted by molar-refractivity contribution is 6.05. The maximum atomic E-state index is 12.8. The van der Waals surface area contributed by atoms with Gasteiger partial charge in [-0.25, -0.2) is 4.98 Å². The van der Waals surface area contributed by atoms with Crippen molar-refractivity contribution in [2.75, 3.05) is 19.5 Å². The molecule has 0 radical (unpaired) electrons. The quantitative estimate of drug-likeness (QED) is 0.513. The van der Waals surface area contributed by atoms with Gasteiger partial charge < -0.3 is 14.8 Å². The fraction of sp³-hybridized carbons (Fsp3) is 0.174. The van der Waals surface area contributed by atoms with Gasteiger partial charge in [0.15, 0.2) is 5.65 Å². The summed E-state index contributed by atoms with van der Waals surface area (Å²) in [7, 11) is 3.10. The van der Waals surface area contributed by atoms with Crippen LogP contribution in [0.5, 0.6) is 11.5 Å². The summed E-state index contributed by atoms with van der Waals surface area (Å²) in [6.07, 6.45) is 0. The molecule has 30 heavy (non-hydrogen) atoms. The van der Waals surface area contributed by atoms with E-state index in [0.717, 1.165) is 27.9 Å². The van der Waals surface area contributed by atoms with Crippen LogP contribution in [0.15, 0.2) is 48.5 Å². The topological polar surface area (TPSA) is 89.1 Å². The molecule has 0 atom stereocenters. The molecular formula is C23H22N4O3. The number of aryl methyl sites for hydroxylation is 2. The Morgan fingerprint density at radius 1 is 0.967 bits per heavy atom. The number of aromatic amines is 1. The van der Waals surface area contributed by atoms with E-state index in [1.54, 1.807) is 32.4 Å². The number of carbonyl (C=O) groups is 1. The van der Waals surface area contributed by atoms with Gasteiger partial charge in [-0.05, 0) is 55.8 Å². The lowest BCUT2D eigenvalue weighted by Gasteiger charge is -2.12. The molecule has 0 spiro atoms. The number of aromatic nitrogens is 3. The second-order valence-corrected chi connectivity index (χ2v) is 7.00. The second-order valence-electron chi connectivity index (χ2n) is 7.00. The lowest BCUT2D eigenvalue weighted by molar-refractivity contribution is 0.102. The zero-order valence-corrected chi connectivity index (χ0v) is 17.2. The zero-order chi connectivity index (χ0) is 21.3. The Labute approximate surface area is 174 Å². The van der Waals surface area contributed by atoms with Gasteiger partial charge in [-0.3, -0.25) is 9.89 Å². The number of pyridine rings is 1. The van der Waals surface area contributed by atoms with Crippen LogP contribution in [-0.4, -0.2) is 35.3 Å². The molecule has 4 aromatic rings. The number of hydrogen-bond acceptors (Lipinski definition) is 5. The van der Waals surface area contributed by atoms with E-state index in [-0.39, 0.29) is 5.91 Å². The molecule has 2 aromatic heterocycles. The number of carbonyl (C=O) groups excluding carboxylic acids is 1.